The summed E-state index contributed by atoms with van der Waals surface area (Å²) in [5.74, 6) is 0. The maximum atomic E-state index is 2.79. The smallest absolute Gasteiger partial charge is 0.252 e. The summed E-state index contributed by atoms with van der Waals surface area (Å²) < 4.78 is 2.52. The average molecular weight is 1660 g/mol. The lowest BCUT2D eigenvalue weighted by molar-refractivity contribution is 0.590. The Morgan fingerprint density at radius 2 is 0.531 bits per heavy atom. The zero-order valence-electron chi connectivity index (χ0n) is 73.5. The second kappa shape index (κ2) is 29.4. The fourth-order valence-corrected chi connectivity index (χ4v) is 23.0. The van der Waals surface area contributed by atoms with Crippen LogP contribution in [0.2, 0.25) is 0 Å². The van der Waals surface area contributed by atoms with Gasteiger partial charge >= 0.3 is 0 Å². The van der Waals surface area contributed by atoms with Crippen molar-refractivity contribution >= 4 is 129 Å². The molecule has 6 heteroatoms. The molecular weight excluding hydrogens is 1570 g/mol. The maximum Gasteiger partial charge on any atom is 0.252 e. The fraction of sp³-hybridized carbons (Fsp3) is 0.0806. The van der Waals surface area contributed by atoms with Crippen LogP contribution < -0.4 is 36.0 Å². The Morgan fingerprint density at radius 1 is 0.223 bits per heavy atom. The summed E-state index contributed by atoms with van der Waals surface area (Å²) in [6, 6.07) is 171. The Hall–Kier alpha value is -15.8. The van der Waals surface area contributed by atoms with E-state index in [9.17, 15) is 0 Å². The van der Waals surface area contributed by atoms with Crippen molar-refractivity contribution in [3.63, 3.8) is 0 Å². The number of nitrogens with zero attached hydrogens (tertiary/aromatic N) is 5. The molecule has 25 rings (SSSR count). The first-order valence-corrected chi connectivity index (χ1v) is 45.7. The number of hydrogen-bond donors (Lipinski definition) is 0. The second-order valence-electron chi connectivity index (χ2n) is 37.7. The normalized spacial score (nSPS) is 14.0. The van der Waals surface area contributed by atoms with Crippen LogP contribution in [0.3, 0.4) is 0 Å². The number of aromatic nitrogens is 1. The number of benzene rings is 19. The highest BCUT2D eigenvalue weighted by atomic mass is 15.2. The lowest BCUT2D eigenvalue weighted by atomic mass is 9.33. The largest absolute Gasteiger partial charge is 0.310 e. The zero-order chi connectivity index (χ0) is 86.9. The van der Waals surface area contributed by atoms with Crippen LogP contribution in [-0.4, -0.2) is 11.1 Å². The van der Waals surface area contributed by atoms with Gasteiger partial charge in [-0.05, 0) is 202 Å². The van der Waals surface area contributed by atoms with Crippen LogP contribution in [0.25, 0.3) is 82.6 Å². The highest BCUT2D eigenvalue weighted by molar-refractivity contribution is 7.00. The summed E-state index contributed by atoms with van der Waals surface area (Å²) in [5.41, 5.74) is 39.5. The van der Waals surface area contributed by atoms with Gasteiger partial charge in [0.25, 0.3) is 6.71 Å². The third-order valence-corrected chi connectivity index (χ3v) is 28.7. The molecule has 0 saturated carbocycles. The molecule has 0 unspecified atom stereocenters. The van der Waals surface area contributed by atoms with E-state index in [4.69, 9.17) is 0 Å². The van der Waals surface area contributed by atoms with E-state index in [1.165, 1.54) is 110 Å². The van der Waals surface area contributed by atoms with Crippen molar-refractivity contribution in [2.24, 2.45) is 0 Å². The molecule has 4 aliphatic heterocycles. The highest BCUT2D eigenvalue weighted by Gasteiger charge is 2.52. The van der Waals surface area contributed by atoms with Gasteiger partial charge < -0.3 is 24.0 Å². The SMILES string of the molecule is CC(C)(C)c1cc(-c2ccccc2)c(N2c3cc(N4c5ccccc5C(c5ccccc5)(c5ccccc5)c5ccccc54)ccc3B3c4ccc(N5c6ccccc6C(c6ccccc6)(c6ccccc6)c6ccccc65)cc4N(c4c(-c5ccccc5)cccc4-c4ccccc4)c4cc(C(C)(C)C)cc2c43)c(-c2cc3c4ccccc4n4c5ccccc5c(c2)c34)c1. The molecule has 0 spiro atoms. The van der Waals surface area contributed by atoms with Gasteiger partial charge in [-0.1, -0.05) is 393 Å². The van der Waals surface area contributed by atoms with Crippen molar-refractivity contribution < 1.29 is 0 Å². The van der Waals surface area contributed by atoms with Crippen LogP contribution in [0, 0.1) is 0 Å². The number of para-hydroxylation sites is 7. The van der Waals surface area contributed by atoms with E-state index in [2.05, 4.69) is 514 Å². The molecule has 0 amide bonds. The van der Waals surface area contributed by atoms with Gasteiger partial charge in [0.15, 0.2) is 0 Å². The van der Waals surface area contributed by atoms with Gasteiger partial charge in [-0.2, -0.15) is 0 Å². The van der Waals surface area contributed by atoms with Gasteiger partial charge in [0.1, 0.15) is 0 Å². The number of anilines is 12. The number of fused-ring (bicyclic) bond motifs is 14. The molecule has 0 radical (unpaired) electrons. The molecule has 21 aromatic rings. The molecule has 0 atom stereocenters. The van der Waals surface area contributed by atoms with Crippen LogP contribution in [0.5, 0.6) is 0 Å². The van der Waals surface area contributed by atoms with Crippen molar-refractivity contribution in [1.29, 1.82) is 0 Å². The molecule has 0 N–H and O–H groups in total. The van der Waals surface area contributed by atoms with E-state index in [1.807, 2.05) is 0 Å². The minimum atomic E-state index is -0.699. The van der Waals surface area contributed by atoms with Gasteiger partial charge in [0.05, 0.1) is 61.5 Å². The highest BCUT2D eigenvalue weighted by Crippen LogP contribution is 2.63. The lowest BCUT2D eigenvalue weighted by Crippen LogP contribution is -2.61. The van der Waals surface area contributed by atoms with E-state index in [0.29, 0.717) is 0 Å². The minimum absolute atomic E-state index is 0.301. The van der Waals surface area contributed by atoms with Gasteiger partial charge in [0, 0.05) is 77.9 Å². The Morgan fingerprint density at radius 3 is 0.900 bits per heavy atom. The van der Waals surface area contributed by atoms with Crippen molar-refractivity contribution in [2.75, 3.05) is 19.6 Å². The summed E-state index contributed by atoms with van der Waals surface area (Å²) in [6.45, 7) is 14.1. The molecule has 616 valence electrons. The molecule has 0 aliphatic carbocycles. The Balaban J connectivity index is 0.834. The maximum absolute atomic E-state index is 2.79. The summed E-state index contributed by atoms with van der Waals surface area (Å²) in [6.07, 6.45) is 0. The molecular formula is C124H92BN5. The van der Waals surface area contributed by atoms with Crippen LogP contribution in [-0.2, 0) is 21.7 Å². The van der Waals surface area contributed by atoms with E-state index in [0.717, 1.165) is 113 Å². The molecule has 6 heterocycles. The zero-order valence-corrected chi connectivity index (χ0v) is 73.5. The Bertz CT molecular complexity index is 7750. The predicted molar refractivity (Wildman–Crippen MR) is 547 cm³/mol. The summed E-state index contributed by atoms with van der Waals surface area (Å²) in [5, 5.41) is 4.92. The molecule has 5 nitrogen and oxygen atoms in total. The molecule has 2 aromatic heterocycles. The number of rotatable bonds is 12. The standard InChI is InChI=1S/C124H92BN5/c1-121(2,3)89-75-97(83-45-18-9-19-46-83)119(98(76-89)84-73-99-95-55-28-34-63-107(95)128-108-64-35-29-56-96(108)100(74-84)120(99)128)130-114-80-92(127-111-67-38-32-61-103(111)124(87-51-24-12-25-52-87,88-53-26-13-27-54-88)104-62-33-39-68-112(104)127)70-72-106(114)125-105-71-69-91(126-109-65-36-30-59-101(109)123(85-47-20-10-21-48-85,86-49-22-11-23-50-86)102-60-31-37-66-110(102)126)79-113(105)129(115-77-90(122(4,5)6)78-116(130)117(115)125)118-93(81-41-14-7-15-42-81)57-40-58-94(118)82-43-16-8-17-44-82/h7-80H,1-6H3. The topological polar surface area (TPSA) is 17.4 Å². The molecule has 0 fully saturated rings. The molecule has 0 bridgehead atoms. The van der Waals surface area contributed by atoms with Gasteiger partial charge in [-0.25, -0.2) is 0 Å². The molecule has 19 aromatic carbocycles. The van der Waals surface area contributed by atoms with Crippen LogP contribution in [0.4, 0.5) is 68.2 Å². The quantitative estimate of drug-likeness (QED) is 0.113. The first-order valence-electron chi connectivity index (χ1n) is 45.7. The van der Waals surface area contributed by atoms with Crippen molar-refractivity contribution in [2.45, 2.75) is 63.2 Å². The summed E-state index contributed by atoms with van der Waals surface area (Å²) >= 11 is 0. The van der Waals surface area contributed by atoms with Crippen LogP contribution in [0.1, 0.15) is 97.2 Å². The third-order valence-electron chi connectivity index (χ3n) is 28.7. The van der Waals surface area contributed by atoms with Crippen molar-refractivity contribution in [1.82, 2.24) is 4.40 Å². The third kappa shape index (κ3) is 11.3. The Kier molecular flexibility index (Phi) is 17.3. The molecule has 0 saturated heterocycles. The molecule has 130 heavy (non-hydrogen) atoms. The van der Waals surface area contributed by atoms with Crippen LogP contribution in [0.15, 0.2) is 449 Å². The summed E-state index contributed by atoms with van der Waals surface area (Å²) in [4.78, 5) is 10.7. The first kappa shape index (κ1) is 76.7. The van der Waals surface area contributed by atoms with Crippen molar-refractivity contribution in [3.8, 4) is 44.5 Å². The van der Waals surface area contributed by atoms with E-state index < -0.39 is 16.2 Å². The van der Waals surface area contributed by atoms with E-state index in [-0.39, 0.29) is 12.1 Å². The van der Waals surface area contributed by atoms with Gasteiger partial charge in [-0.15, -0.1) is 0 Å². The Labute approximate surface area is 760 Å². The monoisotopic (exact) mass is 1660 g/mol. The first-order chi connectivity index (χ1) is 63.8. The van der Waals surface area contributed by atoms with Gasteiger partial charge in [-0.3, -0.25) is 0 Å². The van der Waals surface area contributed by atoms with Crippen LogP contribution >= 0.6 is 0 Å². The predicted octanol–water partition coefficient (Wildman–Crippen LogP) is 30.5. The van der Waals surface area contributed by atoms with Gasteiger partial charge in [0.2, 0.25) is 0 Å². The number of hydrogen-bond acceptors (Lipinski definition) is 4. The second-order valence-corrected chi connectivity index (χ2v) is 37.7. The average Bonchev–Trinajstić information content (AvgIpc) is 1.09. The minimum Gasteiger partial charge on any atom is -0.310 e. The van der Waals surface area contributed by atoms with E-state index >= 15 is 0 Å². The molecule has 4 aliphatic rings. The lowest BCUT2D eigenvalue weighted by Gasteiger charge is -2.48. The van der Waals surface area contributed by atoms with E-state index in [1.54, 1.807) is 0 Å². The fourth-order valence-electron chi connectivity index (χ4n) is 23.0. The summed E-state index contributed by atoms with van der Waals surface area (Å²) in [7, 11) is 0. The van der Waals surface area contributed by atoms with Crippen molar-refractivity contribution in [3.05, 3.63) is 505 Å².